The Kier molecular flexibility index (Phi) is 5.26. The van der Waals surface area contributed by atoms with Gasteiger partial charge in [-0.15, -0.1) is 0 Å². The lowest BCUT2D eigenvalue weighted by atomic mass is 9.84. The molecule has 2 unspecified atom stereocenters. The number of carbonyl (C=O) groups is 1. The largest absolute Gasteiger partial charge is 0.484 e. The van der Waals surface area contributed by atoms with Crippen molar-refractivity contribution in [3.8, 4) is 5.75 Å². The van der Waals surface area contributed by atoms with Gasteiger partial charge >= 0.3 is 0 Å². The van der Waals surface area contributed by atoms with Crippen LogP contribution in [0.3, 0.4) is 0 Å². The zero-order chi connectivity index (χ0) is 15.2. The van der Waals surface area contributed by atoms with Crippen LogP contribution in [-0.2, 0) is 4.79 Å². The average molecular weight is 288 g/mol. The highest BCUT2D eigenvalue weighted by atomic mass is 16.5. The molecule has 4 nitrogen and oxygen atoms in total. The minimum absolute atomic E-state index is 0.0897. The molecule has 0 aliphatic heterocycles. The summed E-state index contributed by atoms with van der Waals surface area (Å²) < 4.78 is 5.31. The van der Waals surface area contributed by atoms with E-state index in [1.54, 1.807) is 0 Å². The lowest BCUT2D eigenvalue weighted by Crippen LogP contribution is -2.21. The number of nitrogens with one attached hydrogen (secondary N) is 1. The first kappa shape index (κ1) is 15.4. The van der Waals surface area contributed by atoms with Gasteiger partial charge in [0.15, 0.2) is 6.61 Å². The molecule has 0 saturated heterocycles. The second kappa shape index (κ2) is 7.16. The first-order chi connectivity index (χ1) is 10.0. The maximum absolute atomic E-state index is 10.7. The van der Waals surface area contributed by atoms with Crippen molar-refractivity contribution in [2.75, 3.05) is 18.5 Å². The van der Waals surface area contributed by atoms with E-state index in [0.29, 0.717) is 17.6 Å². The van der Waals surface area contributed by atoms with E-state index in [9.17, 15) is 4.79 Å². The van der Waals surface area contributed by atoms with Crippen molar-refractivity contribution < 1.29 is 9.53 Å². The summed E-state index contributed by atoms with van der Waals surface area (Å²) in [5.41, 5.74) is 7.57. The van der Waals surface area contributed by atoms with Gasteiger partial charge < -0.3 is 15.8 Å². The highest BCUT2D eigenvalue weighted by Crippen LogP contribution is 2.28. The van der Waals surface area contributed by atoms with Crippen LogP contribution in [0.15, 0.2) is 35.9 Å². The zero-order valence-corrected chi connectivity index (χ0v) is 12.8. The molecule has 2 rings (SSSR count). The minimum Gasteiger partial charge on any atom is -0.484 e. The normalized spacial score (nSPS) is 21.5. The van der Waals surface area contributed by atoms with E-state index in [2.05, 4.69) is 25.2 Å². The summed E-state index contributed by atoms with van der Waals surface area (Å²) in [4.78, 5) is 10.7. The van der Waals surface area contributed by atoms with E-state index in [4.69, 9.17) is 10.5 Å². The fourth-order valence-corrected chi connectivity index (χ4v) is 2.95. The predicted octanol–water partition coefficient (Wildman–Crippen LogP) is 2.96. The van der Waals surface area contributed by atoms with Crippen molar-refractivity contribution in [1.82, 2.24) is 0 Å². The molecule has 0 spiro atoms. The maximum atomic E-state index is 10.7. The summed E-state index contributed by atoms with van der Waals surface area (Å²) in [6.07, 6.45) is 4.76. The van der Waals surface area contributed by atoms with Crippen molar-refractivity contribution >= 4 is 11.6 Å². The second-order valence-corrected chi connectivity index (χ2v) is 5.96. The van der Waals surface area contributed by atoms with E-state index >= 15 is 0 Å². The Balaban J connectivity index is 1.87. The predicted molar refractivity (Wildman–Crippen MR) is 85.3 cm³/mol. The third-order valence-corrected chi connectivity index (χ3v) is 3.69. The van der Waals surface area contributed by atoms with Crippen LogP contribution < -0.4 is 15.8 Å². The third kappa shape index (κ3) is 5.14. The number of allylic oxidation sites excluding steroid dienone is 2. The molecule has 0 saturated carbocycles. The molecular weight excluding hydrogens is 264 g/mol. The molecule has 4 heteroatoms. The SMILES string of the molecule is CC1=CC(C)CC(CNc2cccc(OCC(N)=O)c2)C1. The van der Waals surface area contributed by atoms with E-state index < -0.39 is 5.91 Å². The molecule has 0 radical (unpaired) electrons. The fraction of sp³-hybridized carbons (Fsp3) is 0.471. The molecule has 0 bridgehead atoms. The van der Waals surface area contributed by atoms with Crippen LogP contribution in [0, 0.1) is 11.8 Å². The van der Waals surface area contributed by atoms with Crippen LogP contribution in [0.1, 0.15) is 26.7 Å². The maximum Gasteiger partial charge on any atom is 0.255 e. The highest BCUT2D eigenvalue weighted by Gasteiger charge is 2.17. The first-order valence-corrected chi connectivity index (χ1v) is 7.45. The first-order valence-electron chi connectivity index (χ1n) is 7.45. The van der Waals surface area contributed by atoms with Crippen molar-refractivity contribution in [2.24, 2.45) is 17.6 Å². The number of rotatable bonds is 6. The number of ether oxygens (including phenoxy) is 1. The summed E-state index contributed by atoms with van der Waals surface area (Å²) in [5.74, 6) is 1.52. The third-order valence-electron chi connectivity index (χ3n) is 3.69. The monoisotopic (exact) mass is 288 g/mol. The van der Waals surface area contributed by atoms with E-state index in [1.165, 1.54) is 12.0 Å². The Hall–Kier alpha value is -1.97. The van der Waals surface area contributed by atoms with Gasteiger partial charge in [0.25, 0.3) is 5.91 Å². The number of nitrogens with two attached hydrogens (primary N) is 1. The molecule has 21 heavy (non-hydrogen) atoms. The summed E-state index contributed by atoms with van der Waals surface area (Å²) >= 11 is 0. The molecule has 114 valence electrons. The standard InChI is InChI=1S/C17H24N2O2/c1-12-6-13(2)8-14(7-12)10-19-15-4-3-5-16(9-15)21-11-17(18)20/h3-6,9,12,14,19H,7-8,10-11H2,1-2H3,(H2,18,20). The molecular formula is C17H24N2O2. The quantitative estimate of drug-likeness (QED) is 0.791. The van der Waals surface area contributed by atoms with E-state index in [-0.39, 0.29) is 6.61 Å². The van der Waals surface area contributed by atoms with Crippen LogP contribution in [0.2, 0.25) is 0 Å². The van der Waals surface area contributed by atoms with E-state index in [0.717, 1.165) is 18.7 Å². The van der Waals surface area contributed by atoms with Crippen molar-refractivity contribution in [2.45, 2.75) is 26.7 Å². The molecule has 1 aromatic rings. The molecule has 2 atom stereocenters. The molecule has 1 amide bonds. The lowest BCUT2D eigenvalue weighted by Gasteiger charge is -2.26. The van der Waals surface area contributed by atoms with Crippen molar-refractivity contribution in [1.29, 1.82) is 0 Å². The molecule has 0 aromatic heterocycles. The molecule has 1 aliphatic rings. The number of amides is 1. The highest BCUT2D eigenvalue weighted by molar-refractivity contribution is 5.75. The van der Waals surface area contributed by atoms with Crippen LogP contribution in [-0.4, -0.2) is 19.1 Å². The molecule has 1 aliphatic carbocycles. The van der Waals surface area contributed by atoms with Gasteiger partial charge in [-0.1, -0.05) is 24.6 Å². The van der Waals surface area contributed by atoms with E-state index in [1.807, 2.05) is 24.3 Å². The molecule has 0 fully saturated rings. The smallest absolute Gasteiger partial charge is 0.255 e. The Morgan fingerprint density at radius 2 is 2.29 bits per heavy atom. The number of carbonyl (C=O) groups excluding carboxylic acids is 1. The number of anilines is 1. The minimum atomic E-state index is -0.466. The van der Waals surface area contributed by atoms with Crippen LogP contribution in [0.5, 0.6) is 5.75 Å². The van der Waals surface area contributed by atoms with Crippen LogP contribution in [0.25, 0.3) is 0 Å². The summed E-state index contributed by atoms with van der Waals surface area (Å²) in [5, 5.41) is 3.46. The summed E-state index contributed by atoms with van der Waals surface area (Å²) in [7, 11) is 0. The Morgan fingerprint density at radius 3 is 3.00 bits per heavy atom. The van der Waals surface area contributed by atoms with Gasteiger partial charge in [0.1, 0.15) is 5.75 Å². The number of benzene rings is 1. The number of hydrogen-bond donors (Lipinski definition) is 2. The van der Waals surface area contributed by atoms with Crippen molar-refractivity contribution in [3.05, 3.63) is 35.9 Å². The fourth-order valence-electron chi connectivity index (χ4n) is 2.95. The van der Waals surface area contributed by atoms with Gasteiger partial charge in [-0.2, -0.15) is 0 Å². The van der Waals surface area contributed by atoms with Gasteiger partial charge in [-0.25, -0.2) is 0 Å². The van der Waals surface area contributed by atoms with Gasteiger partial charge in [-0.3, -0.25) is 4.79 Å². The lowest BCUT2D eigenvalue weighted by molar-refractivity contribution is -0.119. The molecule has 0 heterocycles. The van der Waals surface area contributed by atoms with Gasteiger partial charge in [0, 0.05) is 18.3 Å². The van der Waals surface area contributed by atoms with Gasteiger partial charge in [0.05, 0.1) is 0 Å². The zero-order valence-electron chi connectivity index (χ0n) is 12.8. The molecule has 3 N–H and O–H groups in total. The number of hydrogen-bond acceptors (Lipinski definition) is 3. The second-order valence-electron chi connectivity index (χ2n) is 5.96. The average Bonchev–Trinajstić information content (AvgIpc) is 2.42. The van der Waals surface area contributed by atoms with Crippen molar-refractivity contribution in [3.63, 3.8) is 0 Å². The molecule has 1 aromatic carbocycles. The number of primary amides is 1. The Bertz CT molecular complexity index is 525. The Labute approximate surface area is 126 Å². The topological polar surface area (TPSA) is 64.3 Å². The van der Waals surface area contributed by atoms with Crippen LogP contribution >= 0.6 is 0 Å². The van der Waals surface area contributed by atoms with Gasteiger partial charge in [-0.05, 0) is 43.7 Å². The summed E-state index contributed by atoms with van der Waals surface area (Å²) in [6, 6.07) is 7.64. The summed E-state index contributed by atoms with van der Waals surface area (Å²) in [6.45, 7) is 5.34. The van der Waals surface area contributed by atoms with Gasteiger partial charge in [0.2, 0.25) is 0 Å². The Morgan fingerprint density at radius 1 is 1.48 bits per heavy atom. The van der Waals surface area contributed by atoms with Crippen LogP contribution in [0.4, 0.5) is 5.69 Å².